The van der Waals surface area contributed by atoms with Gasteiger partial charge in [0.1, 0.15) is 6.10 Å². The van der Waals surface area contributed by atoms with Crippen LogP contribution >= 0.6 is 0 Å². The van der Waals surface area contributed by atoms with E-state index in [1.54, 1.807) is 0 Å². The predicted octanol–water partition coefficient (Wildman–Crippen LogP) is 4.12. The Bertz CT molecular complexity index is 990. The fourth-order valence-electron chi connectivity index (χ4n) is 3.79. The summed E-state index contributed by atoms with van der Waals surface area (Å²) in [4.78, 5) is 14.6. The summed E-state index contributed by atoms with van der Waals surface area (Å²) in [7, 11) is 0. The number of benzene rings is 1. The average Bonchev–Trinajstić information content (AvgIpc) is 3.35. The van der Waals surface area contributed by atoms with E-state index in [-0.39, 0.29) is 12.1 Å². The summed E-state index contributed by atoms with van der Waals surface area (Å²) in [5.41, 5.74) is 3.01. The van der Waals surface area contributed by atoms with Gasteiger partial charge in [-0.3, -0.25) is 4.68 Å². The largest absolute Gasteiger partial charge is 0.370 e. The minimum atomic E-state index is -0.137. The Morgan fingerprint density at radius 1 is 1.34 bits per heavy atom. The molecule has 7 heteroatoms. The van der Waals surface area contributed by atoms with Gasteiger partial charge in [0, 0.05) is 54.2 Å². The Balaban J connectivity index is 1.43. The normalized spacial score (nSPS) is 17.2. The summed E-state index contributed by atoms with van der Waals surface area (Å²) < 4.78 is 10.00. The number of fused-ring (bicyclic) bond motifs is 1. The topological polar surface area (TPSA) is 64.3 Å². The van der Waals surface area contributed by atoms with Crippen LogP contribution in [0.3, 0.4) is 0 Å². The van der Waals surface area contributed by atoms with Crippen LogP contribution in [-0.2, 0) is 17.8 Å². The molecule has 0 aliphatic carbocycles. The molecule has 1 N–H and O–H groups in total. The fraction of sp³-hybridized carbons (Fsp3) is 0.455. The van der Waals surface area contributed by atoms with Crippen LogP contribution in [0.15, 0.2) is 42.9 Å². The molecule has 1 aromatic carbocycles. The van der Waals surface area contributed by atoms with E-state index < -0.39 is 0 Å². The van der Waals surface area contributed by atoms with Crippen LogP contribution in [0.5, 0.6) is 0 Å². The maximum Gasteiger partial charge on any atom is 0.322 e. The molecule has 154 valence electrons. The van der Waals surface area contributed by atoms with Crippen LogP contribution in [-0.4, -0.2) is 45.0 Å². The first-order chi connectivity index (χ1) is 14.0. The third-order valence-corrected chi connectivity index (χ3v) is 5.29. The Morgan fingerprint density at radius 2 is 2.21 bits per heavy atom. The van der Waals surface area contributed by atoms with Gasteiger partial charge >= 0.3 is 6.03 Å². The lowest BCUT2D eigenvalue weighted by Crippen LogP contribution is -2.44. The highest BCUT2D eigenvalue weighted by atomic mass is 16.5. The number of hydrogen-bond donors (Lipinski definition) is 1. The Hall–Kier alpha value is -2.80. The standard InChI is InChI=1S/C22H29N5O2/c1-4-27-14-18(12-23-27)21-15-26(9-10-29-21)22(28)24-19-5-6-20-17(11-19)7-8-25(20)13-16(2)3/h5-8,11-12,14,16,21H,4,9-10,13,15H2,1-3H3,(H,24,28). The number of hydrogen-bond acceptors (Lipinski definition) is 3. The molecule has 1 unspecified atom stereocenters. The molecule has 1 saturated heterocycles. The summed E-state index contributed by atoms with van der Waals surface area (Å²) in [6.07, 6.45) is 5.79. The molecule has 3 aromatic rings. The van der Waals surface area contributed by atoms with Crippen LogP contribution in [0.1, 0.15) is 32.4 Å². The second-order valence-corrected chi connectivity index (χ2v) is 8.00. The molecule has 7 nitrogen and oxygen atoms in total. The molecule has 29 heavy (non-hydrogen) atoms. The minimum Gasteiger partial charge on any atom is -0.370 e. The van der Waals surface area contributed by atoms with Gasteiger partial charge in [0.15, 0.2) is 0 Å². The van der Waals surface area contributed by atoms with Gasteiger partial charge in [0.2, 0.25) is 0 Å². The van der Waals surface area contributed by atoms with E-state index in [0.29, 0.717) is 25.6 Å². The third-order valence-electron chi connectivity index (χ3n) is 5.29. The lowest BCUT2D eigenvalue weighted by Gasteiger charge is -2.32. The van der Waals surface area contributed by atoms with Crippen molar-refractivity contribution in [1.29, 1.82) is 0 Å². The van der Waals surface area contributed by atoms with Gasteiger partial charge in [0.25, 0.3) is 0 Å². The van der Waals surface area contributed by atoms with Crippen LogP contribution in [0.25, 0.3) is 10.9 Å². The van der Waals surface area contributed by atoms with Crippen molar-refractivity contribution in [1.82, 2.24) is 19.2 Å². The Labute approximate surface area is 171 Å². The van der Waals surface area contributed by atoms with E-state index in [0.717, 1.165) is 29.7 Å². The number of rotatable bonds is 5. The lowest BCUT2D eigenvalue weighted by atomic mass is 10.1. The summed E-state index contributed by atoms with van der Waals surface area (Å²) in [6.45, 7) is 9.90. The zero-order valence-electron chi connectivity index (χ0n) is 17.3. The summed E-state index contributed by atoms with van der Waals surface area (Å²) in [5.74, 6) is 0.587. The van der Waals surface area contributed by atoms with Gasteiger partial charge in [0.05, 0.1) is 19.3 Å². The van der Waals surface area contributed by atoms with Gasteiger partial charge in [-0.25, -0.2) is 4.79 Å². The molecule has 1 fully saturated rings. The van der Waals surface area contributed by atoms with Gasteiger partial charge in [-0.1, -0.05) is 13.8 Å². The van der Waals surface area contributed by atoms with E-state index in [1.807, 2.05) is 41.0 Å². The van der Waals surface area contributed by atoms with E-state index in [2.05, 4.69) is 47.2 Å². The van der Waals surface area contributed by atoms with E-state index in [1.165, 1.54) is 5.52 Å². The minimum absolute atomic E-state index is 0.0952. The van der Waals surface area contributed by atoms with Gasteiger partial charge in [-0.15, -0.1) is 0 Å². The van der Waals surface area contributed by atoms with Crippen molar-refractivity contribution in [3.05, 3.63) is 48.4 Å². The Morgan fingerprint density at radius 3 is 2.97 bits per heavy atom. The SMILES string of the molecule is CCn1cc(C2CN(C(=O)Nc3ccc4c(ccn4CC(C)C)c3)CCO2)cn1. The maximum atomic E-state index is 12.8. The molecule has 0 spiro atoms. The van der Waals surface area contributed by atoms with Crippen LogP contribution < -0.4 is 5.32 Å². The fourth-order valence-corrected chi connectivity index (χ4v) is 3.79. The number of carbonyl (C=O) groups is 1. The van der Waals surface area contributed by atoms with E-state index in [4.69, 9.17) is 4.74 Å². The number of nitrogens with zero attached hydrogens (tertiary/aromatic N) is 4. The van der Waals surface area contributed by atoms with Crippen molar-refractivity contribution in [2.24, 2.45) is 5.92 Å². The highest BCUT2D eigenvalue weighted by molar-refractivity contribution is 5.93. The molecule has 1 aliphatic rings. The van der Waals surface area contributed by atoms with Gasteiger partial charge in [-0.05, 0) is 37.1 Å². The summed E-state index contributed by atoms with van der Waals surface area (Å²) in [6, 6.07) is 8.09. The van der Waals surface area contributed by atoms with Gasteiger partial charge < -0.3 is 19.5 Å². The molecule has 1 aliphatic heterocycles. The van der Waals surface area contributed by atoms with Gasteiger partial charge in [-0.2, -0.15) is 5.10 Å². The van der Waals surface area contributed by atoms with Crippen molar-refractivity contribution >= 4 is 22.6 Å². The number of carbonyl (C=O) groups excluding carboxylic acids is 1. The van der Waals surface area contributed by atoms with E-state index in [9.17, 15) is 4.79 Å². The number of nitrogens with one attached hydrogen (secondary N) is 1. The lowest BCUT2D eigenvalue weighted by molar-refractivity contribution is -0.0135. The molecule has 2 amide bonds. The predicted molar refractivity (Wildman–Crippen MR) is 114 cm³/mol. The molecular formula is C22H29N5O2. The van der Waals surface area contributed by atoms with Crippen LogP contribution in [0.4, 0.5) is 10.5 Å². The summed E-state index contributed by atoms with van der Waals surface area (Å²) in [5, 5.41) is 8.49. The van der Waals surface area contributed by atoms with Crippen molar-refractivity contribution in [2.75, 3.05) is 25.0 Å². The summed E-state index contributed by atoms with van der Waals surface area (Å²) >= 11 is 0. The first-order valence-electron chi connectivity index (χ1n) is 10.3. The second-order valence-electron chi connectivity index (χ2n) is 8.00. The van der Waals surface area contributed by atoms with Crippen molar-refractivity contribution < 1.29 is 9.53 Å². The van der Waals surface area contributed by atoms with Crippen molar-refractivity contribution in [3.8, 4) is 0 Å². The van der Waals surface area contributed by atoms with Crippen LogP contribution in [0, 0.1) is 5.92 Å². The maximum absolute atomic E-state index is 12.8. The molecule has 3 heterocycles. The number of morpholine rings is 1. The van der Waals surface area contributed by atoms with Crippen molar-refractivity contribution in [3.63, 3.8) is 0 Å². The number of ether oxygens (including phenoxy) is 1. The molecule has 4 rings (SSSR count). The van der Waals surface area contributed by atoms with Crippen molar-refractivity contribution in [2.45, 2.75) is 40.0 Å². The first-order valence-corrected chi connectivity index (χ1v) is 10.3. The zero-order chi connectivity index (χ0) is 20.4. The number of urea groups is 1. The first kappa shape index (κ1) is 19.5. The number of aryl methyl sites for hydroxylation is 1. The number of amides is 2. The highest BCUT2D eigenvalue weighted by Crippen LogP contribution is 2.24. The zero-order valence-corrected chi connectivity index (χ0v) is 17.3. The van der Waals surface area contributed by atoms with Crippen LogP contribution in [0.2, 0.25) is 0 Å². The van der Waals surface area contributed by atoms with E-state index >= 15 is 0 Å². The molecular weight excluding hydrogens is 366 g/mol. The Kier molecular flexibility index (Phi) is 5.58. The number of anilines is 1. The average molecular weight is 396 g/mol. The second kappa shape index (κ2) is 8.29. The molecule has 0 bridgehead atoms. The smallest absolute Gasteiger partial charge is 0.322 e. The molecule has 0 radical (unpaired) electrons. The molecule has 2 aromatic heterocycles. The quantitative estimate of drug-likeness (QED) is 0.707. The molecule has 1 atom stereocenters. The molecule has 0 saturated carbocycles. The number of aromatic nitrogens is 3. The monoisotopic (exact) mass is 395 g/mol. The third kappa shape index (κ3) is 4.29. The highest BCUT2D eigenvalue weighted by Gasteiger charge is 2.26.